The third-order valence-corrected chi connectivity index (χ3v) is 5.15. The molecule has 0 radical (unpaired) electrons. The Morgan fingerprint density at radius 3 is 2.24 bits per heavy atom. The number of para-hydroxylation sites is 2. The Labute approximate surface area is 176 Å². The quantitative estimate of drug-likeness (QED) is 0.332. The van der Waals surface area contributed by atoms with Gasteiger partial charge in [0.05, 0.1) is 26.6 Å². The highest BCUT2D eigenvalue weighted by atomic mass is 35.5. The number of benzene rings is 3. The van der Waals surface area contributed by atoms with Crippen LogP contribution in [0.3, 0.4) is 0 Å². The summed E-state index contributed by atoms with van der Waals surface area (Å²) in [5, 5.41) is 9.77. The van der Waals surface area contributed by atoms with Crippen molar-refractivity contribution >= 4 is 39.9 Å². The van der Waals surface area contributed by atoms with E-state index in [1.54, 1.807) is 18.2 Å². The zero-order valence-corrected chi connectivity index (χ0v) is 16.5. The average molecular weight is 415 g/mol. The van der Waals surface area contributed by atoms with Gasteiger partial charge in [-0.05, 0) is 42.3 Å². The molecule has 0 amide bonds. The van der Waals surface area contributed by atoms with Crippen molar-refractivity contribution in [3.63, 3.8) is 0 Å². The van der Waals surface area contributed by atoms with E-state index in [0.29, 0.717) is 32.8 Å². The maximum Gasteiger partial charge on any atom is 0.196 e. The van der Waals surface area contributed by atoms with Gasteiger partial charge < -0.3 is 0 Å². The number of halogens is 2. The minimum Gasteiger partial charge on any atom is -0.271 e. The lowest BCUT2D eigenvalue weighted by atomic mass is 10.2. The minimum absolute atomic E-state index is 0.504. The van der Waals surface area contributed by atoms with Crippen LogP contribution in [0.15, 0.2) is 72.8 Å². The third-order valence-electron chi connectivity index (χ3n) is 4.52. The molecular weight excluding hydrogens is 403 g/mol. The Kier molecular flexibility index (Phi) is 4.40. The molecule has 0 saturated carbocycles. The van der Waals surface area contributed by atoms with E-state index in [0.717, 1.165) is 16.6 Å². The van der Waals surface area contributed by atoms with Crippen molar-refractivity contribution in [1.82, 2.24) is 19.6 Å². The van der Waals surface area contributed by atoms with E-state index in [1.165, 1.54) is 0 Å². The van der Waals surface area contributed by atoms with Crippen molar-refractivity contribution in [2.75, 3.05) is 0 Å². The van der Waals surface area contributed by atoms with Crippen LogP contribution in [0.2, 0.25) is 10.0 Å². The lowest BCUT2D eigenvalue weighted by Gasteiger charge is -2.08. The maximum atomic E-state index is 6.44. The zero-order valence-electron chi connectivity index (χ0n) is 15.0. The zero-order chi connectivity index (χ0) is 19.8. The largest absolute Gasteiger partial charge is 0.271 e. The van der Waals surface area contributed by atoms with Crippen molar-refractivity contribution in [1.29, 1.82) is 0 Å². The van der Waals surface area contributed by atoms with Crippen LogP contribution < -0.4 is 0 Å². The molecule has 2 heterocycles. The molecule has 0 aliphatic rings. The van der Waals surface area contributed by atoms with Gasteiger partial charge >= 0.3 is 0 Å². The molecule has 0 unspecified atom stereocenters. The molecule has 138 valence electrons. The molecular formula is C23H12Cl2N4. The van der Waals surface area contributed by atoms with Gasteiger partial charge in [0.25, 0.3) is 0 Å². The summed E-state index contributed by atoms with van der Waals surface area (Å²) in [5.41, 5.74) is 4.24. The van der Waals surface area contributed by atoms with E-state index in [1.807, 2.05) is 59.0 Å². The summed E-state index contributed by atoms with van der Waals surface area (Å²) in [6.07, 6.45) is 0. The molecule has 0 aliphatic carbocycles. The second-order valence-corrected chi connectivity index (χ2v) is 7.16. The summed E-state index contributed by atoms with van der Waals surface area (Å²) in [6, 6.07) is 22.9. The number of hydrogen-bond acceptors (Lipinski definition) is 3. The number of fused-ring (bicyclic) bond motifs is 3. The van der Waals surface area contributed by atoms with Crippen molar-refractivity contribution in [3.05, 3.63) is 94.1 Å². The van der Waals surface area contributed by atoms with Gasteiger partial charge in [0.1, 0.15) is 0 Å². The van der Waals surface area contributed by atoms with Crippen LogP contribution in [0.4, 0.5) is 0 Å². The smallest absolute Gasteiger partial charge is 0.196 e. The predicted molar refractivity (Wildman–Crippen MR) is 116 cm³/mol. The number of rotatable bonds is 1. The lowest BCUT2D eigenvalue weighted by Crippen LogP contribution is -1.98. The highest BCUT2D eigenvalue weighted by Gasteiger charge is 2.19. The fraction of sp³-hybridized carbons (Fsp3) is 0. The van der Waals surface area contributed by atoms with Gasteiger partial charge in [-0.25, -0.2) is 4.98 Å². The second-order valence-electron chi connectivity index (χ2n) is 6.34. The molecule has 5 rings (SSSR count). The van der Waals surface area contributed by atoms with Crippen molar-refractivity contribution in [3.8, 4) is 23.2 Å². The van der Waals surface area contributed by atoms with Crippen molar-refractivity contribution < 1.29 is 0 Å². The van der Waals surface area contributed by atoms with Crippen LogP contribution >= 0.6 is 23.2 Å². The van der Waals surface area contributed by atoms with E-state index in [9.17, 15) is 0 Å². The van der Waals surface area contributed by atoms with Crippen molar-refractivity contribution in [2.24, 2.45) is 0 Å². The Morgan fingerprint density at radius 1 is 0.724 bits per heavy atom. The van der Waals surface area contributed by atoms with Crippen LogP contribution in [0.5, 0.6) is 0 Å². The highest BCUT2D eigenvalue weighted by molar-refractivity contribution is 6.39. The van der Waals surface area contributed by atoms with Crippen LogP contribution in [0, 0.1) is 11.8 Å². The molecule has 0 bridgehead atoms. The molecule has 0 atom stereocenters. The van der Waals surface area contributed by atoms with E-state index < -0.39 is 0 Å². The molecule has 2 aromatic heterocycles. The van der Waals surface area contributed by atoms with E-state index in [2.05, 4.69) is 22.0 Å². The Morgan fingerprint density at radius 2 is 1.45 bits per heavy atom. The number of hydrogen-bond donors (Lipinski definition) is 0. The average Bonchev–Trinajstić information content (AvgIpc) is 3.18. The van der Waals surface area contributed by atoms with Gasteiger partial charge in [-0.3, -0.25) is 4.40 Å². The number of aromatic nitrogens is 4. The highest BCUT2D eigenvalue weighted by Crippen LogP contribution is 2.35. The van der Waals surface area contributed by atoms with E-state index >= 15 is 0 Å². The second kappa shape index (κ2) is 7.21. The maximum absolute atomic E-state index is 6.44. The molecule has 4 nitrogen and oxygen atoms in total. The van der Waals surface area contributed by atoms with Crippen LogP contribution in [0.25, 0.3) is 28.1 Å². The predicted octanol–water partition coefficient (Wildman–Crippen LogP) is 5.65. The topological polar surface area (TPSA) is 43.1 Å². The fourth-order valence-corrected chi connectivity index (χ4v) is 3.76. The first-order chi connectivity index (χ1) is 14.2. The minimum atomic E-state index is 0.504. The normalized spacial score (nSPS) is 10.8. The lowest BCUT2D eigenvalue weighted by molar-refractivity contribution is 1.11. The Hall–Kier alpha value is -3.39. The molecule has 0 fully saturated rings. The molecule has 29 heavy (non-hydrogen) atoms. The first kappa shape index (κ1) is 17.7. The van der Waals surface area contributed by atoms with Gasteiger partial charge in [0, 0.05) is 5.56 Å². The summed E-state index contributed by atoms with van der Waals surface area (Å²) in [6.45, 7) is 0. The summed E-state index contributed by atoms with van der Waals surface area (Å²) >= 11 is 12.9. The molecule has 3 aromatic carbocycles. The summed E-state index contributed by atoms with van der Waals surface area (Å²) in [7, 11) is 0. The first-order valence-electron chi connectivity index (χ1n) is 8.88. The standard InChI is InChI=1S/C23H12Cl2N4/c24-16-9-6-10-17(25)21(16)23-28-27-22-19(14-13-15-7-2-1-3-8-15)26-18-11-4-5-12-20(18)29(22)23/h1-12H. The van der Waals surface area contributed by atoms with Gasteiger partial charge in [0.2, 0.25) is 0 Å². The van der Waals surface area contributed by atoms with Crippen molar-refractivity contribution in [2.45, 2.75) is 0 Å². The van der Waals surface area contributed by atoms with Crippen LogP contribution in [-0.2, 0) is 0 Å². The monoisotopic (exact) mass is 414 g/mol. The molecule has 0 aliphatic heterocycles. The van der Waals surface area contributed by atoms with Gasteiger partial charge in [-0.1, -0.05) is 65.5 Å². The van der Waals surface area contributed by atoms with Gasteiger partial charge in [0.15, 0.2) is 17.2 Å². The molecule has 6 heteroatoms. The molecule has 5 aromatic rings. The van der Waals surface area contributed by atoms with Crippen LogP contribution in [0.1, 0.15) is 11.3 Å². The third kappa shape index (κ3) is 3.11. The SMILES string of the molecule is Clc1cccc(Cl)c1-c1nnc2c(C#Cc3ccccc3)nc3ccccc3n12. The number of nitrogens with zero attached hydrogens (tertiary/aromatic N) is 4. The Bertz CT molecular complexity index is 1410. The summed E-state index contributed by atoms with van der Waals surface area (Å²) < 4.78 is 1.91. The van der Waals surface area contributed by atoms with E-state index in [-0.39, 0.29) is 0 Å². The molecule has 0 N–H and O–H groups in total. The molecule has 0 spiro atoms. The summed E-state index contributed by atoms with van der Waals surface area (Å²) in [5.74, 6) is 6.84. The molecule has 0 saturated heterocycles. The first-order valence-corrected chi connectivity index (χ1v) is 9.63. The van der Waals surface area contributed by atoms with Crippen LogP contribution in [-0.4, -0.2) is 19.6 Å². The fourth-order valence-electron chi connectivity index (χ4n) is 3.19. The van der Waals surface area contributed by atoms with Gasteiger partial charge in [-0.2, -0.15) is 0 Å². The Balaban J connectivity index is 1.83. The summed E-state index contributed by atoms with van der Waals surface area (Å²) in [4.78, 5) is 4.71. The van der Waals surface area contributed by atoms with E-state index in [4.69, 9.17) is 28.2 Å². The van der Waals surface area contributed by atoms with Gasteiger partial charge in [-0.15, -0.1) is 10.2 Å².